The molecule has 0 unspecified atom stereocenters. The van der Waals surface area contributed by atoms with Gasteiger partial charge in [0, 0.05) is 0 Å². The molecule has 0 bridgehead atoms. The fourth-order valence-electron chi connectivity index (χ4n) is 2.36. The molecule has 0 spiro atoms. The molecule has 118 valence electrons. The summed E-state index contributed by atoms with van der Waals surface area (Å²) >= 11 is -0.136. The van der Waals surface area contributed by atoms with Crippen LogP contribution in [-0.4, -0.2) is 30.3 Å². The van der Waals surface area contributed by atoms with E-state index in [-0.39, 0.29) is 54.2 Å². The zero-order valence-corrected chi connectivity index (χ0v) is 14.0. The van der Waals surface area contributed by atoms with E-state index in [4.69, 9.17) is 4.42 Å². The van der Waals surface area contributed by atoms with Crippen LogP contribution in [0.25, 0.3) is 22.1 Å². The number of phenolic OH excluding ortho intramolecular Hbond substituents is 3. The number of phenols is 3. The molecule has 0 aliphatic heterocycles. The van der Waals surface area contributed by atoms with Gasteiger partial charge >= 0.3 is 138 Å². The molecule has 0 saturated carbocycles. The summed E-state index contributed by atoms with van der Waals surface area (Å²) in [5.74, 6) is -0.173. The molecule has 1 heterocycles. The minimum atomic E-state index is -0.373. The minimum absolute atomic E-state index is 0.0580. The summed E-state index contributed by atoms with van der Waals surface area (Å²) in [5, 5.41) is 30.6. The van der Waals surface area contributed by atoms with Gasteiger partial charge in [-0.25, -0.2) is 0 Å². The standard InChI is InChI=1S/C17H14O5Se/c1-2-23-17-12(19)7-13-14(16(17)21)15(20)11(8-22-13)9-3-5-10(18)6-4-9/h3-8,18-19,21H,2H2,1H3. The number of fused-ring (bicyclic) bond motifs is 1. The maximum absolute atomic E-state index is 12.7. The van der Waals surface area contributed by atoms with Gasteiger partial charge in [-0.15, -0.1) is 0 Å². The number of rotatable bonds is 3. The van der Waals surface area contributed by atoms with Crippen LogP contribution < -0.4 is 9.89 Å². The second-order valence-corrected chi connectivity index (χ2v) is 7.58. The number of hydrogen-bond acceptors (Lipinski definition) is 5. The Kier molecular flexibility index (Phi) is 4.03. The normalized spacial score (nSPS) is 11.0. The van der Waals surface area contributed by atoms with Crippen molar-refractivity contribution in [3.8, 4) is 28.4 Å². The Hall–Kier alpha value is -2.43. The molecule has 0 saturated heterocycles. The molecule has 0 amide bonds. The van der Waals surface area contributed by atoms with Gasteiger partial charge in [-0.2, -0.15) is 0 Å². The number of benzene rings is 2. The summed E-state index contributed by atoms with van der Waals surface area (Å²) in [7, 11) is 0. The van der Waals surface area contributed by atoms with E-state index in [0.717, 1.165) is 5.32 Å². The summed E-state index contributed by atoms with van der Waals surface area (Å²) in [6, 6.07) is 7.51. The molecule has 0 atom stereocenters. The fourth-order valence-corrected chi connectivity index (χ4v) is 3.90. The van der Waals surface area contributed by atoms with E-state index in [0.29, 0.717) is 10.0 Å². The Morgan fingerprint density at radius 3 is 2.48 bits per heavy atom. The van der Waals surface area contributed by atoms with Crippen LogP contribution >= 0.6 is 0 Å². The first-order valence-corrected chi connectivity index (χ1v) is 9.02. The van der Waals surface area contributed by atoms with Gasteiger partial charge < -0.3 is 0 Å². The van der Waals surface area contributed by atoms with Crippen molar-refractivity contribution in [2.75, 3.05) is 0 Å². The first-order valence-electron chi connectivity index (χ1n) is 6.95. The summed E-state index contributed by atoms with van der Waals surface area (Å²) in [5.41, 5.74) is 0.632. The molecule has 3 N–H and O–H groups in total. The van der Waals surface area contributed by atoms with Gasteiger partial charge in [0.2, 0.25) is 0 Å². The third-order valence-corrected chi connectivity index (χ3v) is 5.50. The molecular formula is C17H14O5Se. The van der Waals surface area contributed by atoms with Crippen molar-refractivity contribution in [2.45, 2.75) is 12.2 Å². The van der Waals surface area contributed by atoms with Crippen molar-refractivity contribution in [3.63, 3.8) is 0 Å². The van der Waals surface area contributed by atoms with Gasteiger partial charge in [0.15, 0.2) is 0 Å². The Balaban J connectivity index is 2.30. The van der Waals surface area contributed by atoms with Gasteiger partial charge in [0.05, 0.1) is 0 Å². The quantitative estimate of drug-likeness (QED) is 0.610. The van der Waals surface area contributed by atoms with Crippen LogP contribution in [0.1, 0.15) is 6.92 Å². The summed E-state index contributed by atoms with van der Waals surface area (Å²) in [4.78, 5) is 12.7. The van der Waals surface area contributed by atoms with Crippen LogP contribution in [0.5, 0.6) is 17.2 Å². The second kappa shape index (κ2) is 5.99. The Labute approximate surface area is 138 Å². The Morgan fingerprint density at radius 1 is 1.13 bits per heavy atom. The van der Waals surface area contributed by atoms with E-state index in [1.54, 1.807) is 12.1 Å². The molecule has 6 heteroatoms. The summed E-state index contributed by atoms with van der Waals surface area (Å²) in [6.07, 6.45) is 1.29. The molecule has 5 nitrogen and oxygen atoms in total. The van der Waals surface area contributed by atoms with Crippen molar-refractivity contribution >= 4 is 30.4 Å². The molecular weight excluding hydrogens is 363 g/mol. The molecule has 3 rings (SSSR count). The van der Waals surface area contributed by atoms with Crippen LogP contribution in [-0.2, 0) is 0 Å². The first-order chi connectivity index (χ1) is 11.0. The molecule has 1 aromatic heterocycles. The van der Waals surface area contributed by atoms with Gasteiger partial charge in [-0.05, 0) is 0 Å². The molecule has 0 aliphatic rings. The van der Waals surface area contributed by atoms with Crippen molar-refractivity contribution in [3.05, 3.63) is 46.8 Å². The van der Waals surface area contributed by atoms with E-state index in [9.17, 15) is 20.1 Å². The second-order valence-electron chi connectivity index (χ2n) is 4.90. The molecule has 0 fully saturated rings. The fraction of sp³-hybridized carbons (Fsp3) is 0.118. The zero-order chi connectivity index (χ0) is 16.6. The Morgan fingerprint density at radius 2 is 1.83 bits per heavy atom. The SMILES string of the molecule is CC[Se]c1c(O)cc2occ(-c3ccc(O)cc3)c(=O)c2c1O. The van der Waals surface area contributed by atoms with Crippen molar-refractivity contribution in [1.82, 2.24) is 0 Å². The van der Waals surface area contributed by atoms with Crippen molar-refractivity contribution < 1.29 is 19.7 Å². The van der Waals surface area contributed by atoms with Crippen LogP contribution in [0.15, 0.2) is 45.8 Å². The van der Waals surface area contributed by atoms with E-state index in [1.807, 2.05) is 6.92 Å². The Bertz CT molecular complexity index is 928. The van der Waals surface area contributed by atoms with Crippen LogP contribution in [0.4, 0.5) is 0 Å². The van der Waals surface area contributed by atoms with Gasteiger partial charge in [-0.3, -0.25) is 0 Å². The predicted octanol–water partition coefficient (Wildman–Crippen LogP) is 2.34. The van der Waals surface area contributed by atoms with Gasteiger partial charge in [0.25, 0.3) is 0 Å². The maximum atomic E-state index is 12.7. The van der Waals surface area contributed by atoms with E-state index in [1.165, 1.54) is 24.5 Å². The third-order valence-electron chi connectivity index (χ3n) is 3.44. The molecule has 2 aromatic carbocycles. The number of aromatic hydroxyl groups is 3. The average molecular weight is 377 g/mol. The van der Waals surface area contributed by atoms with Crippen LogP contribution in [0, 0.1) is 0 Å². The summed E-state index contributed by atoms with van der Waals surface area (Å²) in [6.45, 7) is 1.94. The third kappa shape index (κ3) is 2.67. The molecule has 23 heavy (non-hydrogen) atoms. The van der Waals surface area contributed by atoms with Crippen molar-refractivity contribution in [1.29, 1.82) is 0 Å². The topological polar surface area (TPSA) is 90.9 Å². The first kappa shape index (κ1) is 15.5. The van der Waals surface area contributed by atoms with Crippen LogP contribution in [0.2, 0.25) is 5.32 Å². The zero-order valence-electron chi connectivity index (χ0n) is 12.2. The van der Waals surface area contributed by atoms with E-state index in [2.05, 4.69) is 0 Å². The van der Waals surface area contributed by atoms with E-state index >= 15 is 0 Å². The monoisotopic (exact) mass is 378 g/mol. The predicted molar refractivity (Wildman–Crippen MR) is 88.8 cm³/mol. The van der Waals surface area contributed by atoms with Gasteiger partial charge in [0.1, 0.15) is 0 Å². The van der Waals surface area contributed by atoms with Crippen LogP contribution in [0.3, 0.4) is 0 Å². The summed E-state index contributed by atoms with van der Waals surface area (Å²) < 4.78 is 5.83. The molecule has 3 aromatic rings. The number of hydrogen-bond donors (Lipinski definition) is 3. The molecule has 0 radical (unpaired) electrons. The molecule has 0 aliphatic carbocycles. The van der Waals surface area contributed by atoms with Crippen molar-refractivity contribution in [2.24, 2.45) is 0 Å². The van der Waals surface area contributed by atoms with Gasteiger partial charge in [-0.1, -0.05) is 0 Å². The average Bonchev–Trinajstić information content (AvgIpc) is 2.52. The van der Waals surface area contributed by atoms with E-state index < -0.39 is 0 Å².